The fourth-order valence-electron chi connectivity index (χ4n) is 2.10. The molecule has 2 aromatic rings. The molecule has 0 spiro atoms. The maximum atomic E-state index is 5.95. The number of para-hydroxylation sites is 1. The number of benzene rings is 1. The molecule has 1 atom stereocenters. The highest BCUT2D eigenvalue weighted by Gasteiger charge is 2.07. The fraction of sp³-hybridized carbons (Fsp3) is 0.333. The first-order valence-electron chi connectivity index (χ1n) is 7.85. The quantitative estimate of drug-likeness (QED) is 0.289. The van der Waals surface area contributed by atoms with E-state index in [4.69, 9.17) is 16.3 Å². The molecule has 0 fully saturated rings. The highest BCUT2D eigenvalue weighted by atomic mass is 127. The van der Waals surface area contributed by atoms with Crippen LogP contribution in [0, 0.1) is 6.92 Å². The molecular formula is C18H24ClIN4O. The van der Waals surface area contributed by atoms with Gasteiger partial charge >= 0.3 is 0 Å². The number of pyridine rings is 1. The van der Waals surface area contributed by atoms with Gasteiger partial charge in [0.05, 0.1) is 6.54 Å². The zero-order valence-corrected chi connectivity index (χ0v) is 17.7. The third-order valence-corrected chi connectivity index (χ3v) is 3.67. The van der Waals surface area contributed by atoms with Gasteiger partial charge < -0.3 is 15.4 Å². The van der Waals surface area contributed by atoms with Crippen molar-refractivity contribution in [2.24, 2.45) is 4.99 Å². The number of aryl methyl sites for hydroxylation is 1. The number of aromatic nitrogens is 1. The lowest BCUT2D eigenvalue weighted by Crippen LogP contribution is -2.41. The number of halogens is 2. The van der Waals surface area contributed by atoms with Crippen LogP contribution in [0.1, 0.15) is 18.1 Å². The van der Waals surface area contributed by atoms with Crippen LogP contribution in [0.25, 0.3) is 0 Å². The Morgan fingerprint density at radius 1 is 1.24 bits per heavy atom. The van der Waals surface area contributed by atoms with Gasteiger partial charge in [-0.2, -0.15) is 0 Å². The minimum Gasteiger partial charge on any atom is -0.489 e. The van der Waals surface area contributed by atoms with Gasteiger partial charge in [0, 0.05) is 19.8 Å². The standard InChI is InChI=1S/C18H23ClN4O.HI/c1-13-6-4-5-7-16(13)24-14(2)10-22-18(20-3)23-12-15-8-9-17(19)21-11-15;/h4-9,11,14H,10,12H2,1-3H3,(H2,20,22,23);1H. The lowest BCUT2D eigenvalue weighted by atomic mass is 10.2. The Kier molecular flexibility index (Phi) is 9.59. The van der Waals surface area contributed by atoms with Gasteiger partial charge in [-0.15, -0.1) is 24.0 Å². The predicted octanol–water partition coefficient (Wildman–Crippen LogP) is 3.79. The fourth-order valence-corrected chi connectivity index (χ4v) is 2.22. The van der Waals surface area contributed by atoms with E-state index in [9.17, 15) is 0 Å². The molecule has 0 saturated heterocycles. The summed E-state index contributed by atoms with van der Waals surface area (Å²) in [4.78, 5) is 8.27. The molecule has 0 aliphatic rings. The van der Waals surface area contributed by atoms with Crippen molar-refractivity contribution >= 4 is 41.5 Å². The summed E-state index contributed by atoms with van der Waals surface area (Å²) in [5.41, 5.74) is 2.16. The molecule has 1 unspecified atom stereocenters. The topological polar surface area (TPSA) is 58.5 Å². The molecule has 0 amide bonds. The number of rotatable bonds is 6. The molecule has 136 valence electrons. The highest BCUT2D eigenvalue weighted by molar-refractivity contribution is 14.0. The SMILES string of the molecule is CN=C(NCc1ccc(Cl)nc1)NCC(C)Oc1ccccc1C.I. The van der Waals surface area contributed by atoms with Crippen LogP contribution in [-0.4, -0.2) is 30.6 Å². The first-order chi connectivity index (χ1) is 11.6. The number of nitrogens with one attached hydrogen (secondary N) is 2. The molecule has 2 rings (SSSR count). The summed E-state index contributed by atoms with van der Waals surface area (Å²) in [5.74, 6) is 1.62. The maximum Gasteiger partial charge on any atom is 0.191 e. The smallest absolute Gasteiger partial charge is 0.191 e. The number of hydrogen-bond donors (Lipinski definition) is 2. The number of ether oxygens (including phenoxy) is 1. The summed E-state index contributed by atoms with van der Waals surface area (Å²) in [5, 5.41) is 6.98. The molecule has 0 bridgehead atoms. The molecule has 1 heterocycles. The van der Waals surface area contributed by atoms with Gasteiger partial charge in [0.15, 0.2) is 5.96 Å². The van der Waals surface area contributed by atoms with E-state index in [-0.39, 0.29) is 30.1 Å². The largest absolute Gasteiger partial charge is 0.489 e. The lowest BCUT2D eigenvalue weighted by Gasteiger charge is -2.18. The van der Waals surface area contributed by atoms with E-state index >= 15 is 0 Å². The zero-order chi connectivity index (χ0) is 17.4. The van der Waals surface area contributed by atoms with Crippen LogP contribution in [0.15, 0.2) is 47.6 Å². The molecule has 2 N–H and O–H groups in total. The Labute approximate surface area is 171 Å². The predicted molar refractivity (Wildman–Crippen MR) is 114 cm³/mol. The number of aliphatic imine (C=N–C) groups is 1. The van der Waals surface area contributed by atoms with E-state index in [2.05, 4.69) is 20.6 Å². The van der Waals surface area contributed by atoms with Crippen molar-refractivity contribution in [2.45, 2.75) is 26.5 Å². The van der Waals surface area contributed by atoms with E-state index in [0.29, 0.717) is 24.2 Å². The van der Waals surface area contributed by atoms with Crippen LogP contribution in [0.2, 0.25) is 5.15 Å². The molecule has 0 aliphatic carbocycles. The second-order valence-electron chi connectivity index (χ2n) is 5.49. The third-order valence-electron chi connectivity index (χ3n) is 3.45. The van der Waals surface area contributed by atoms with Crippen molar-refractivity contribution in [1.29, 1.82) is 0 Å². The highest BCUT2D eigenvalue weighted by Crippen LogP contribution is 2.17. The average molecular weight is 475 g/mol. The van der Waals surface area contributed by atoms with Crippen molar-refractivity contribution in [3.05, 3.63) is 58.9 Å². The Balaban J connectivity index is 0.00000312. The molecule has 1 aromatic carbocycles. The van der Waals surface area contributed by atoms with Gasteiger partial charge in [-0.3, -0.25) is 4.99 Å². The third kappa shape index (κ3) is 7.48. The Hall–Kier alpha value is -1.54. The second-order valence-corrected chi connectivity index (χ2v) is 5.88. The van der Waals surface area contributed by atoms with Crippen LogP contribution >= 0.6 is 35.6 Å². The summed E-state index contributed by atoms with van der Waals surface area (Å²) in [6, 6.07) is 11.7. The summed E-state index contributed by atoms with van der Waals surface area (Å²) in [6.45, 7) is 5.33. The summed E-state index contributed by atoms with van der Waals surface area (Å²) in [6.07, 6.45) is 1.76. The van der Waals surface area contributed by atoms with Gasteiger partial charge in [-0.05, 0) is 37.1 Å². The lowest BCUT2D eigenvalue weighted by molar-refractivity contribution is 0.222. The minimum atomic E-state index is 0. The van der Waals surface area contributed by atoms with Crippen LogP contribution in [0.3, 0.4) is 0 Å². The second kappa shape index (κ2) is 11.1. The van der Waals surface area contributed by atoms with E-state index in [1.165, 1.54) is 0 Å². The van der Waals surface area contributed by atoms with Gasteiger partial charge in [-0.25, -0.2) is 4.98 Å². The van der Waals surface area contributed by atoms with Crippen molar-refractivity contribution in [3.8, 4) is 5.75 Å². The van der Waals surface area contributed by atoms with Crippen LogP contribution in [-0.2, 0) is 6.54 Å². The van der Waals surface area contributed by atoms with Gasteiger partial charge in [0.1, 0.15) is 17.0 Å². The molecule has 5 nitrogen and oxygen atoms in total. The summed E-state index contributed by atoms with van der Waals surface area (Å²) < 4.78 is 5.95. The Morgan fingerprint density at radius 3 is 2.64 bits per heavy atom. The van der Waals surface area contributed by atoms with Gasteiger partial charge in [0.25, 0.3) is 0 Å². The van der Waals surface area contributed by atoms with Crippen molar-refractivity contribution in [3.63, 3.8) is 0 Å². The molecular weight excluding hydrogens is 451 g/mol. The van der Waals surface area contributed by atoms with Gasteiger partial charge in [-0.1, -0.05) is 35.9 Å². The van der Waals surface area contributed by atoms with Crippen LogP contribution in [0.4, 0.5) is 0 Å². The summed E-state index contributed by atoms with van der Waals surface area (Å²) in [7, 11) is 1.74. The normalized spacial score (nSPS) is 12.1. The molecule has 7 heteroatoms. The first-order valence-corrected chi connectivity index (χ1v) is 8.23. The van der Waals surface area contributed by atoms with E-state index in [0.717, 1.165) is 16.9 Å². The molecule has 0 saturated carbocycles. The Bertz CT molecular complexity index is 679. The monoisotopic (exact) mass is 474 g/mol. The number of guanidine groups is 1. The van der Waals surface area contributed by atoms with Crippen LogP contribution in [0.5, 0.6) is 5.75 Å². The van der Waals surface area contributed by atoms with Crippen LogP contribution < -0.4 is 15.4 Å². The van der Waals surface area contributed by atoms with E-state index < -0.39 is 0 Å². The molecule has 0 radical (unpaired) electrons. The zero-order valence-electron chi connectivity index (χ0n) is 14.6. The first kappa shape index (κ1) is 21.5. The Morgan fingerprint density at radius 2 is 2.00 bits per heavy atom. The average Bonchev–Trinajstić information content (AvgIpc) is 2.58. The summed E-state index contributed by atoms with van der Waals surface area (Å²) >= 11 is 5.78. The van der Waals surface area contributed by atoms with Gasteiger partial charge in [0.2, 0.25) is 0 Å². The molecule has 1 aromatic heterocycles. The molecule has 25 heavy (non-hydrogen) atoms. The van der Waals surface area contributed by atoms with Crippen molar-refractivity contribution < 1.29 is 4.74 Å². The van der Waals surface area contributed by atoms with Crippen molar-refractivity contribution in [2.75, 3.05) is 13.6 Å². The number of nitrogens with zero attached hydrogens (tertiary/aromatic N) is 2. The minimum absolute atomic E-state index is 0. The van der Waals surface area contributed by atoms with E-state index in [1.54, 1.807) is 19.3 Å². The van der Waals surface area contributed by atoms with E-state index in [1.807, 2.05) is 44.2 Å². The number of hydrogen-bond acceptors (Lipinski definition) is 3. The van der Waals surface area contributed by atoms with Crippen molar-refractivity contribution in [1.82, 2.24) is 15.6 Å². The molecule has 0 aliphatic heterocycles. The maximum absolute atomic E-state index is 5.95.